The van der Waals surface area contributed by atoms with Crippen molar-refractivity contribution in [3.05, 3.63) is 41.8 Å². The van der Waals surface area contributed by atoms with E-state index in [1.165, 1.54) is 0 Å². The fourth-order valence-electron chi connectivity index (χ4n) is 1.21. The number of hydrogen-bond donors (Lipinski definition) is 1. The van der Waals surface area contributed by atoms with E-state index in [9.17, 15) is 9.18 Å². The van der Waals surface area contributed by atoms with Gasteiger partial charge in [0.1, 0.15) is 11.4 Å². The molecule has 0 saturated carbocycles. The van der Waals surface area contributed by atoms with Crippen LogP contribution in [0.2, 0.25) is 0 Å². The van der Waals surface area contributed by atoms with E-state index in [4.69, 9.17) is 0 Å². The van der Waals surface area contributed by atoms with Crippen molar-refractivity contribution in [2.24, 2.45) is 0 Å². The summed E-state index contributed by atoms with van der Waals surface area (Å²) < 4.78 is 13.4. The van der Waals surface area contributed by atoms with Gasteiger partial charge in [0.2, 0.25) is 0 Å². The largest absolute Gasteiger partial charge is 0.296 e. The minimum atomic E-state index is -0.605. The summed E-state index contributed by atoms with van der Waals surface area (Å²) >= 11 is 0. The third-order valence-electron chi connectivity index (χ3n) is 1.90. The smallest absolute Gasteiger partial charge is 0.179 e. The molecule has 0 atom stereocenters. The molecule has 0 spiro atoms. The van der Waals surface area contributed by atoms with Crippen LogP contribution in [0.25, 0.3) is 11.3 Å². The van der Waals surface area contributed by atoms with E-state index < -0.39 is 5.82 Å². The minimum Gasteiger partial charge on any atom is -0.296 e. The van der Waals surface area contributed by atoms with Gasteiger partial charge in [0, 0.05) is 5.56 Å². The van der Waals surface area contributed by atoms with Crippen molar-refractivity contribution in [2.75, 3.05) is 0 Å². The lowest BCUT2D eigenvalue weighted by molar-refractivity contribution is 0.111. The number of nitrogens with one attached hydrogen (secondary N) is 1. The van der Waals surface area contributed by atoms with Crippen LogP contribution in [0.15, 0.2) is 30.3 Å². The van der Waals surface area contributed by atoms with Crippen molar-refractivity contribution in [2.45, 2.75) is 0 Å². The van der Waals surface area contributed by atoms with E-state index in [1.54, 1.807) is 24.3 Å². The van der Waals surface area contributed by atoms with Crippen LogP contribution in [0.1, 0.15) is 10.5 Å². The van der Waals surface area contributed by atoms with Gasteiger partial charge in [0.15, 0.2) is 12.1 Å². The number of H-pyrrole nitrogens is 1. The average Bonchev–Trinajstić information content (AvgIpc) is 2.61. The Balaban J connectivity index is 2.53. The maximum atomic E-state index is 13.4. The zero-order valence-corrected chi connectivity index (χ0v) is 7.20. The SMILES string of the molecule is O=Cc1[nH]nc(-c2ccccc2)c1F. The zero-order valence-electron chi connectivity index (χ0n) is 7.20. The highest BCUT2D eigenvalue weighted by Crippen LogP contribution is 2.20. The molecule has 0 amide bonds. The monoisotopic (exact) mass is 190 g/mol. The Kier molecular flexibility index (Phi) is 2.10. The standard InChI is InChI=1S/C10H7FN2O/c11-9-8(6-14)12-13-10(9)7-4-2-1-3-5-7/h1-6H,(H,12,13). The molecule has 1 aromatic heterocycles. The van der Waals surface area contributed by atoms with Gasteiger partial charge in [-0.2, -0.15) is 5.10 Å². The Hall–Kier alpha value is -1.97. The van der Waals surface area contributed by atoms with Crippen LogP contribution < -0.4 is 0 Å². The lowest BCUT2D eigenvalue weighted by Crippen LogP contribution is -1.84. The normalized spacial score (nSPS) is 10.1. The molecule has 2 rings (SSSR count). The molecule has 1 heterocycles. The molecule has 0 aliphatic heterocycles. The van der Waals surface area contributed by atoms with Gasteiger partial charge in [0.05, 0.1) is 0 Å². The first-order valence-electron chi connectivity index (χ1n) is 4.07. The quantitative estimate of drug-likeness (QED) is 0.736. The van der Waals surface area contributed by atoms with Crippen LogP contribution in [0.3, 0.4) is 0 Å². The highest BCUT2D eigenvalue weighted by atomic mass is 19.1. The molecule has 0 aliphatic carbocycles. The second kappa shape index (κ2) is 3.41. The summed E-state index contributed by atoms with van der Waals surface area (Å²) in [7, 11) is 0. The first-order chi connectivity index (χ1) is 6.83. The van der Waals surface area contributed by atoms with E-state index in [1.807, 2.05) is 6.07 Å². The van der Waals surface area contributed by atoms with Gasteiger partial charge in [0.25, 0.3) is 0 Å². The number of hydrogen-bond acceptors (Lipinski definition) is 2. The number of aromatic amines is 1. The summed E-state index contributed by atoms with van der Waals surface area (Å²) in [5.41, 5.74) is 0.700. The molecule has 0 aliphatic rings. The molecule has 1 aromatic carbocycles. The third kappa shape index (κ3) is 1.31. The molecular weight excluding hydrogens is 183 g/mol. The molecule has 0 saturated heterocycles. The van der Waals surface area contributed by atoms with Gasteiger partial charge in [-0.1, -0.05) is 30.3 Å². The summed E-state index contributed by atoms with van der Waals surface area (Å²) in [5.74, 6) is -0.605. The number of aromatic nitrogens is 2. The van der Waals surface area contributed by atoms with E-state index in [0.717, 1.165) is 0 Å². The van der Waals surface area contributed by atoms with Crippen molar-refractivity contribution in [1.29, 1.82) is 0 Å². The second-order valence-electron chi connectivity index (χ2n) is 2.78. The number of carbonyl (C=O) groups is 1. The van der Waals surface area contributed by atoms with Crippen LogP contribution in [-0.4, -0.2) is 16.5 Å². The van der Waals surface area contributed by atoms with Crippen LogP contribution in [-0.2, 0) is 0 Å². The highest BCUT2D eigenvalue weighted by Gasteiger charge is 2.13. The second-order valence-corrected chi connectivity index (χ2v) is 2.78. The Morgan fingerprint density at radius 2 is 2.00 bits per heavy atom. The number of aldehydes is 1. The highest BCUT2D eigenvalue weighted by molar-refractivity contribution is 5.76. The number of carbonyl (C=O) groups excluding carboxylic acids is 1. The molecule has 1 N–H and O–H groups in total. The lowest BCUT2D eigenvalue weighted by Gasteiger charge is -1.94. The number of benzene rings is 1. The van der Waals surface area contributed by atoms with Gasteiger partial charge in [-0.15, -0.1) is 0 Å². The summed E-state index contributed by atoms with van der Waals surface area (Å²) in [6.45, 7) is 0. The predicted octanol–water partition coefficient (Wildman–Crippen LogP) is 2.03. The fourth-order valence-corrected chi connectivity index (χ4v) is 1.21. The van der Waals surface area contributed by atoms with Crippen molar-refractivity contribution in [3.63, 3.8) is 0 Å². The molecule has 4 heteroatoms. The van der Waals surface area contributed by atoms with E-state index in [-0.39, 0.29) is 11.4 Å². The molecule has 0 bridgehead atoms. The Morgan fingerprint density at radius 3 is 2.57 bits per heavy atom. The molecular formula is C10H7FN2O. The third-order valence-corrected chi connectivity index (χ3v) is 1.90. The van der Waals surface area contributed by atoms with Crippen LogP contribution in [0, 0.1) is 5.82 Å². The maximum Gasteiger partial charge on any atom is 0.179 e. The molecule has 2 aromatic rings. The van der Waals surface area contributed by atoms with Gasteiger partial charge in [-0.05, 0) is 0 Å². The van der Waals surface area contributed by atoms with Gasteiger partial charge in [-0.25, -0.2) is 4.39 Å². The van der Waals surface area contributed by atoms with Crippen molar-refractivity contribution < 1.29 is 9.18 Å². The van der Waals surface area contributed by atoms with Crippen LogP contribution in [0.4, 0.5) is 4.39 Å². The molecule has 0 fully saturated rings. The molecule has 0 radical (unpaired) electrons. The number of nitrogens with zero attached hydrogens (tertiary/aromatic N) is 1. The molecule has 14 heavy (non-hydrogen) atoms. The van der Waals surface area contributed by atoms with Crippen LogP contribution in [0.5, 0.6) is 0 Å². The summed E-state index contributed by atoms with van der Waals surface area (Å²) in [4.78, 5) is 10.4. The summed E-state index contributed by atoms with van der Waals surface area (Å²) in [5, 5.41) is 6.05. The fraction of sp³-hybridized carbons (Fsp3) is 0. The van der Waals surface area contributed by atoms with Crippen molar-refractivity contribution in [3.8, 4) is 11.3 Å². The first-order valence-corrected chi connectivity index (χ1v) is 4.07. The van der Waals surface area contributed by atoms with E-state index in [2.05, 4.69) is 10.2 Å². The van der Waals surface area contributed by atoms with Gasteiger partial charge >= 0.3 is 0 Å². The molecule has 3 nitrogen and oxygen atoms in total. The summed E-state index contributed by atoms with van der Waals surface area (Å²) in [6.07, 6.45) is 0.411. The van der Waals surface area contributed by atoms with Gasteiger partial charge < -0.3 is 0 Å². The van der Waals surface area contributed by atoms with Crippen LogP contribution >= 0.6 is 0 Å². The molecule has 70 valence electrons. The minimum absolute atomic E-state index is 0.121. The van der Waals surface area contributed by atoms with Crippen molar-refractivity contribution in [1.82, 2.24) is 10.2 Å². The zero-order chi connectivity index (χ0) is 9.97. The Bertz CT molecular complexity index is 450. The topological polar surface area (TPSA) is 45.8 Å². The number of rotatable bonds is 2. The van der Waals surface area contributed by atoms with Gasteiger partial charge in [-0.3, -0.25) is 9.89 Å². The van der Waals surface area contributed by atoms with E-state index >= 15 is 0 Å². The lowest BCUT2D eigenvalue weighted by atomic mass is 10.1. The average molecular weight is 190 g/mol. The summed E-state index contributed by atoms with van der Waals surface area (Å²) in [6, 6.07) is 8.85. The van der Waals surface area contributed by atoms with E-state index in [0.29, 0.717) is 11.8 Å². The maximum absolute atomic E-state index is 13.4. The Labute approximate surface area is 79.6 Å². The van der Waals surface area contributed by atoms with Crippen molar-refractivity contribution >= 4 is 6.29 Å². The Morgan fingerprint density at radius 1 is 1.29 bits per heavy atom. The number of halogens is 1. The first kappa shape index (κ1) is 8.62. The molecule has 0 unspecified atom stereocenters. The predicted molar refractivity (Wildman–Crippen MR) is 49.4 cm³/mol.